The molecule has 3 aliphatic rings. The van der Waals surface area contributed by atoms with E-state index in [0.29, 0.717) is 12.3 Å². The number of rotatable bonds is 7. The predicted octanol–water partition coefficient (Wildman–Crippen LogP) is 4.11. The van der Waals surface area contributed by atoms with Crippen LogP contribution in [-0.2, 0) is 25.3 Å². The van der Waals surface area contributed by atoms with Gasteiger partial charge in [0.15, 0.2) is 0 Å². The molecule has 3 heterocycles. The SMILES string of the molecule is C=CCC(NC(=O)[C@@H]1C[C@@H]2CN1C(O)[C@H](C(C)(C)C)NC(=O)OCCCCC/C=C/c1cc3ccccc3nc1O2)C(=O)NS(=O)C1CC1. The molecule has 7 atom stereocenters. The van der Waals surface area contributed by atoms with Gasteiger partial charge in [-0.25, -0.2) is 14.0 Å². The maximum Gasteiger partial charge on any atom is 0.407 e. The van der Waals surface area contributed by atoms with E-state index in [0.717, 1.165) is 48.6 Å². The van der Waals surface area contributed by atoms with Gasteiger partial charge in [-0.05, 0) is 62.5 Å². The molecule has 12 nitrogen and oxygen atoms in total. The van der Waals surface area contributed by atoms with Crippen LogP contribution in [0.5, 0.6) is 5.88 Å². The number of benzene rings is 1. The lowest BCUT2D eigenvalue weighted by Gasteiger charge is -2.40. The molecule has 4 N–H and O–H groups in total. The highest BCUT2D eigenvalue weighted by molar-refractivity contribution is 7.84. The Balaban J connectivity index is 1.47. The number of ether oxygens (including phenoxy) is 2. The minimum absolute atomic E-state index is 0.0715. The number of aromatic nitrogens is 1. The number of amides is 3. The first kappa shape index (κ1) is 36.5. The Bertz CT molecular complexity index is 1570. The largest absolute Gasteiger partial charge is 0.472 e. The van der Waals surface area contributed by atoms with Crippen LogP contribution in [0.2, 0.25) is 0 Å². The highest BCUT2D eigenvalue weighted by Crippen LogP contribution is 2.32. The van der Waals surface area contributed by atoms with Crippen molar-refractivity contribution in [3.63, 3.8) is 0 Å². The average molecular weight is 696 g/mol. The fraction of sp³-hybridized carbons (Fsp3) is 0.556. The van der Waals surface area contributed by atoms with E-state index in [9.17, 15) is 23.7 Å². The summed E-state index contributed by atoms with van der Waals surface area (Å²) in [6.45, 7) is 9.75. The van der Waals surface area contributed by atoms with Gasteiger partial charge in [0.1, 0.15) is 29.4 Å². The molecule has 2 fully saturated rings. The zero-order chi connectivity index (χ0) is 35.1. The first-order chi connectivity index (χ1) is 23.4. The number of nitrogens with zero attached hydrogens (tertiary/aromatic N) is 2. The fourth-order valence-electron chi connectivity index (χ4n) is 6.16. The molecule has 5 rings (SSSR count). The molecular weight excluding hydrogens is 646 g/mol. The minimum atomic E-state index is -1.53. The van der Waals surface area contributed by atoms with Gasteiger partial charge in [-0.15, -0.1) is 6.58 Å². The van der Waals surface area contributed by atoms with E-state index in [-0.39, 0.29) is 31.2 Å². The third-order valence-electron chi connectivity index (χ3n) is 9.05. The average Bonchev–Trinajstić information content (AvgIpc) is 3.83. The number of aliphatic hydroxyl groups excluding tert-OH is 1. The summed E-state index contributed by atoms with van der Waals surface area (Å²) in [5.74, 6) is -0.670. The summed E-state index contributed by atoms with van der Waals surface area (Å²) in [6, 6.07) is 7.00. The van der Waals surface area contributed by atoms with E-state index in [1.165, 1.54) is 6.08 Å². The quantitative estimate of drug-likeness (QED) is 0.313. The molecule has 0 spiro atoms. The lowest BCUT2D eigenvalue weighted by atomic mass is 9.85. The summed E-state index contributed by atoms with van der Waals surface area (Å²) in [6.07, 6.45) is 8.17. The van der Waals surface area contributed by atoms with Gasteiger partial charge < -0.3 is 25.2 Å². The summed E-state index contributed by atoms with van der Waals surface area (Å²) in [5.41, 5.74) is 0.919. The smallest absolute Gasteiger partial charge is 0.407 e. The molecule has 2 bridgehead atoms. The lowest BCUT2D eigenvalue weighted by Crippen LogP contribution is -2.61. The number of cyclic esters (lactones) is 1. The molecule has 0 radical (unpaired) electrons. The van der Waals surface area contributed by atoms with Gasteiger partial charge >= 0.3 is 6.09 Å². The van der Waals surface area contributed by atoms with E-state index >= 15 is 0 Å². The molecule has 266 valence electrons. The second kappa shape index (κ2) is 16.3. The van der Waals surface area contributed by atoms with Crippen LogP contribution in [0.25, 0.3) is 17.0 Å². The van der Waals surface area contributed by atoms with Gasteiger partial charge in [0.2, 0.25) is 11.8 Å². The highest BCUT2D eigenvalue weighted by atomic mass is 32.2. The third kappa shape index (κ3) is 9.67. The van der Waals surface area contributed by atoms with Gasteiger partial charge in [-0.3, -0.25) is 19.2 Å². The number of carbonyl (C=O) groups is 3. The molecule has 1 aromatic carbocycles. The number of allylic oxidation sites excluding steroid dienone is 1. The van der Waals surface area contributed by atoms with E-state index in [2.05, 4.69) is 28.0 Å². The van der Waals surface area contributed by atoms with Crippen LogP contribution in [0.15, 0.2) is 49.1 Å². The van der Waals surface area contributed by atoms with Crippen molar-refractivity contribution in [2.75, 3.05) is 13.2 Å². The number of fused-ring (bicyclic) bond motifs is 4. The molecule has 1 aliphatic carbocycles. The van der Waals surface area contributed by atoms with Gasteiger partial charge in [0.05, 0.1) is 29.5 Å². The van der Waals surface area contributed by atoms with Crippen molar-refractivity contribution in [1.82, 2.24) is 25.2 Å². The van der Waals surface area contributed by atoms with Crippen molar-refractivity contribution in [2.45, 2.75) is 108 Å². The van der Waals surface area contributed by atoms with Crippen LogP contribution in [0.4, 0.5) is 4.79 Å². The number of pyridine rings is 1. The van der Waals surface area contributed by atoms with Crippen LogP contribution < -0.4 is 20.1 Å². The Hall–Kier alpha value is -3.81. The maximum absolute atomic E-state index is 14.1. The third-order valence-corrected chi connectivity index (χ3v) is 10.5. The Kier molecular flexibility index (Phi) is 12.1. The molecule has 4 unspecified atom stereocenters. The van der Waals surface area contributed by atoms with Crippen molar-refractivity contribution in [3.8, 4) is 5.88 Å². The number of nitrogens with one attached hydrogen (secondary N) is 3. The predicted molar refractivity (Wildman–Crippen MR) is 189 cm³/mol. The van der Waals surface area contributed by atoms with Gasteiger partial charge in [0, 0.05) is 23.9 Å². The minimum Gasteiger partial charge on any atom is -0.472 e. The highest BCUT2D eigenvalue weighted by Gasteiger charge is 2.47. The van der Waals surface area contributed by atoms with Crippen LogP contribution in [0.1, 0.15) is 77.7 Å². The monoisotopic (exact) mass is 695 g/mol. The van der Waals surface area contributed by atoms with Crippen LogP contribution >= 0.6 is 0 Å². The van der Waals surface area contributed by atoms with E-state index in [1.807, 2.05) is 57.2 Å². The summed E-state index contributed by atoms with van der Waals surface area (Å²) >= 11 is 0. The molecule has 1 saturated heterocycles. The maximum atomic E-state index is 14.1. The molecule has 13 heteroatoms. The summed E-state index contributed by atoms with van der Waals surface area (Å²) in [4.78, 5) is 46.5. The Morgan fingerprint density at radius 2 is 2.00 bits per heavy atom. The Morgan fingerprint density at radius 1 is 1.22 bits per heavy atom. The van der Waals surface area contributed by atoms with Gasteiger partial charge in [-0.2, -0.15) is 0 Å². The Morgan fingerprint density at radius 3 is 2.73 bits per heavy atom. The zero-order valence-corrected chi connectivity index (χ0v) is 29.4. The number of hydrogen-bond donors (Lipinski definition) is 4. The normalized spacial score (nSPS) is 27.1. The van der Waals surface area contributed by atoms with Crippen molar-refractivity contribution in [3.05, 3.63) is 54.6 Å². The topological polar surface area (TPSA) is 159 Å². The van der Waals surface area contributed by atoms with Gasteiger partial charge in [-0.1, -0.05) is 57.2 Å². The number of alkyl carbamates (subject to hydrolysis) is 1. The summed E-state index contributed by atoms with van der Waals surface area (Å²) in [7, 11) is -1.53. The molecular formula is C36H49N5O7S. The van der Waals surface area contributed by atoms with Crippen LogP contribution in [0, 0.1) is 5.41 Å². The number of para-hydroxylation sites is 1. The molecule has 2 aliphatic heterocycles. The fourth-order valence-corrected chi connectivity index (χ4v) is 7.23. The van der Waals surface area contributed by atoms with Crippen LogP contribution in [0.3, 0.4) is 0 Å². The van der Waals surface area contributed by atoms with Crippen molar-refractivity contribution >= 4 is 45.9 Å². The van der Waals surface area contributed by atoms with Crippen molar-refractivity contribution in [1.29, 1.82) is 0 Å². The first-order valence-electron chi connectivity index (χ1n) is 17.2. The van der Waals surface area contributed by atoms with Gasteiger partial charge in [0.25, 0.3) is 5.91 Å². The first-order valence-corrected chi connectivity index (χ1v) is 18.4. The Labute approximate surface area is 290 Å². The number of hydrogen-bond acceptors (Lipinski definition) is 9. The van der Waals surface area contributed by atoms with E-state index in [4.69, 9.17) is 14.5 Å². The summed E-state index contributed by atoms with van der Waals surface area (Å²) in [5, 5.41) is 18.5. The lowest BCUT2D eigenvalue weighted by molar-refractivity contribution is -0.135. The molecule has 1 saturated carbocycles. The molecule has 2 aromatic rings. The number of aliphatic hydroxyl groups is 1. The van der Waals surface area contributed by atoms with Crippen molar-refractivity contribution < 1.29 is 33.2 Å². The molecule has 49 heavy (non-hydrogen) atoms. The second-order valence-electron chi connectivity index (χ2n) is 14.1. The van der Waals surface area contributed by atoms with E-state index < -0.39 is 64.8 Å². The second-order valence-corrected chi connectivity index (χ2v) is 15.6. The summed E-state index contributed by atoms with van der Waals surface area (Å²) < 4.78 is 27.0. The molecule has 3 amide bonds. The standard InChI is InChI=1S/C36H49N5O7S/c1-5-13-28(31(42)40-49(46)26-17-18-26)37-32(43)29-21-25-22-41(29)34(44)30(36(2,3)4)39-35(45)47-19-12-8-6-7-9-15-24-20-23-14-10-11-16-27(23)38-33(24)48-25/h5,9-11,14-16,20,25-26,28-30,34,44H,1,6-8,12-13,17-19,21-22H2,2-4H3,(H,37,43)(H,39,45)(H,40,42)/b15-9+/t25-,28?,29+,30-,34?,49?/m1/s1. The zero-order valence-electron chi connectivity index (χ0n) is 28.6. The van der Waals surface area contributed by atoms with E-state index in [1.54, 1.807) is 4.90 Å². The van der Waals surface area contributed by atoms with Crippen molar-refractivity contribution in [2.24, 2.45) is 5.41 Å². The number of carbonyl (C=O) groups excluding carboxylic acids is 3. The van der Waals surface area contributed by atoms with Crippen LogP contribution in [-0.4, -0.2) is 86.0 Å². The molecule has 1 aromatic heterocycles.